The Morgan fingerprint density at radius 1 is 0.571 bits per heavy atom. The van der Waals surface area contributed by atoms with Crippen LogP contribution in [0.1, 0.15) is 110 Å². The molecule has 0 saturated carbocycles. The molecule has 0 aliphatic rings. The second kappa shape index (κ2) is 18.0. The summed E-state index contributed by atoms with van der Waals surface area (Å²) in [7, 11) is 0. The topological polar surface area (TPSA) is 52.0 Å². The van der Waals surface area contributed by atoms with E-state index >= 15 is 0 Å². The molecule has 128 valence electrons. The molecule has 0 spiro atoms. The maximum Gasteiger partial charge on any atom is 0.00392 e. The first-order chi connectivity index (χ1) is 10.3. The molecular formula is C19H42N2. The van der Waals surface area contributed by atoms with Crippen molar-refractivity contribution in [2.45, 2.75) is 116 Å². The standard InChI is InChI=1S/C19H42N2/c1-2-3-4-5-6-7-8-9-10-11-12-13-14-16-19(21)17-15-18-20/h19H,2-18,20-21H2,1H3. The molecule has 2 nitrogen and oxygen atoms in total. The fourth-order valence-corrected chi connectivity index (χ4v) is 2.95. The van der Waals surface area contributed by atoms with E-state index < -0.39 is 0 Å². The summed E-state index contributed by atoms with van der Waals surface area (Å²) in [5, 5.41) is 0. The monoisotopic (exact) mass is 298 g/mol. The SMILES string of the molecule is CCCCCCCCCCCCCCCC(N)CCCN. The van der Waals surface area contributed by atoms with Crippen molar-refractivity contribution in [1.82, 2.24) is 0 Å². The summed E-state index contributed by atoms with van der Waals surface area (Å²) in [6.45, 7) is 3.07. The van der Waals surface area contributed by atoms with E-state index in [0.717, 1.165) is 19.4 Å². The second-order valence-corrected chi connectivity index (χ2v) is 6.72. The number of unbranched alkanes of at least 4 members (excludes halogenated alkanes) is 12. The van der Waals surface area contributed by atoms with Gasteiger partial charge in [-0.25, -0.2) is 0 Å². The summed E-state index contributed by atoms with van der Waals surface area (Å²) in [5.74, 6) is 0. The molecule has 0 aliphatic heterocycles. The van der Waals surface area contributed by atoms with Gasteiger partial charge in [-0.3, -0.25) is 0 Å². The van der Waals surface area contributed by atoms with E-state index in [1.54, 1.807) is 0 Å². The predicted octanol–water partition coefficient (Wildman–Crippen LogP) is 5.53. The van der Waals surface area contributed by atoms with E-state index in [2.05, 4.69) is 6.92 Å². The van der Waals surface area contributed by atoms with Crippen LogP contribution in [0.4, 0.5) is 0 Å². The van der Waals surface area contributed by atoms with Crippen LogP contribution in [0.25, 0.3) is 0 Å². The molecule has 0 aromatic heterocycles. The van der Waals surface area contributed by atoms with Gasteiger partial charge in [0.05, 0.1) is 0 Å². The molecule has 0 saturated heterocycles. The van der Waals surface area contributed by atoms with E-state index in [4.69, 9.17) is 11.5 Å². The van der Waals surface area contributed by atoms with Crippen LogP contribution in [0.2, 0.25) is 0 Å². The third kappa shape index (κ3) is 17.9. The minimum Gasteiger partial charge on any atom is -0.330 e. The van der Waals surface area contributed by atoms with Crippen molar-refractivity contribution in [3.8, 4) is 0 Å². The van der Waals surface area contributed by atoms with E-state index in [0.29, 0.717) is 6.04 Å². The van der Waals surface area contributed by atoms with Crippen molar-refractivity contribution in [1.29, 1.82) is 0 Å². The van der Waals surface area contributed by atoms with Crippen molar-refractivity contribution in [2.75, 3.05) is 6.54 Å². The molecule has 0 heterocycles. The fourth-order valence-electron chi connectivity index (χ4n) is 2.95. The highest BCUT2D eigenvalue weighted by atomic mass is 14.6. The highest BCUT2D eigenvalue weighted by Gasteiger charge is 2.01. The average molecular weight is 299 g/mol. The Labute approximate surface area is 134 Å². The molecule has 0 rings (SSSR count). The predicted molar refractivity (Wildman–Crippen MR) is 96.6 cm³/mol. The largest absolute Gasteiger partial charge is 0.330 e. The average Bonchev–Trinajstić information content (AvgIpc) is 2.49. The molecule has 4 N–H and O–H groups in total. The van der Waals surface area contributed by atoms with Gasteiger partial charge in [-0.05, 0) is 25.8 Å². The van der Waals surface area contributed by atoms with Gasteiger partial charge in [0.1, 0.15) is 0 Å². The Bertz CT molecular complexity index is 182. The molecule has 0 aliphatic carbocycles. The van der Waals surface area contributed by atoms with Crippen LogP contribution in [-0.2, 0) is 0 Å². The Morgan fingerprint density at radius 2 is 0.952 bits per heavy atom. The lowest BCUT2D eigenvalue weighted by Crippen LogP contribution is -2.20. The zero-order valence-corrected chi connectivity index (χ0v) is 14.8. The maximum atomic E-state index is 6.04. The highest BCUT2D eigenvalue weighted by molar-refractivity contribution is 4.61. The summed E-state index contributed by atoms with van der Waals surface area (Å²) < 4.78 is 0. The molecule has 0 aromatic rings. The van der Waals surface area contributed by atoms with E-state index in [9.17, 15) is 0 Å². The van der Waals surface area contributed by atoms with E-state index in [1.807, 2.05) is 0 Å². The first-order valence-corrected chi connectivity index (χ1v) is 9.77. The molecule has 2 heteroatoms. The van der Waals surface area contributed by atoms with Gasteiger partial charge in [-0.1, -0.05) is 90.4 Å². The lowest BCUT2D eigenvalue weighted by atomic mass is 10.0. The van der Waals surface area contributed by atoms with Crippen molar-refractivity contribution >= 4 is 0 Å². The van der Waals surface area contributed by atoms with Crippen LogP contribution in [0, 0.1) is 0 Å². The van der Waals surface area contributed by atoms with Gasteiger partial charge in [0.2, 0.25) is 0 Å². The van der Waals surface area contributed by atoms with Crippen molar-refractivity contribution in [2.24, 2.45) is 11.5 Å². The maximum absolute atomic E-state index is 6.04. The molecule has 0 radical (unpaired) electrons. The van der Waals surface area contributed by atoms with Crippen LogP contribution in [0.5, 0.6) is 0 Å². The summed E-state index contributed by atoms with van der Waals surface area (Å²) in [4.78, 5) is 0. The van der Waals surface area contributed by atoms with Gasteiger partial charge in [0, 0.05) is 6.04 Å². The van der Waals surface area contributed by atoms with Gasteiger partial charge < -0.3 is 11.5 Å². The molecule has 0 fully saturated rings. The summed E-state index contributed by atoms with van der Waals surface area (Å²) in [5.41, 5.74) is 11.5. The summed E-state index contributed by atoms with van der Waals surface area (Å²) in [6.07, 6.45) is 21.8. The second-order valence-electron chi connectivity index (χ2n) is 6.72. The number of hydrogen-bond donors (Lipinski definition) is 2. The molecule has 0 bridgehead atoms. The zero-order valence-electron chi connectivity index (χ0n) is 14.8. The van der Waals surface area contributed by atoms with Gasteiger partial charge in [-0.2, -0.15) is 0 Å². The number of hydrogen-bond acceptors (Lipinski definition) is 2. The zero-order chi connectivity index (χ0) is 15.6. The molecule has 0 amide bonds. The summed E-state index contributed by atoms with van der Waals surface area (Å²) >= 11 is 0. The molecule has 0 aromatic carbocycles. The van der Waals surface area contributed by atoms with Crippen LogP contribution in [0.15, 0.2) is 0 Å². The van der Waals surface area contributed by atoms with Crippen LogP contribution < -0.4 is 11.5 Å². The van der Waals surface area contributed by atoms with Gasteiger partial charge in [0.25, 0.3) is 0 Å². The Kier molecular flexibility index (Phi) is 17.9. The fraction of sp³-hybridized carbons (Fsp3) is 1.00. The van der Waals surface area contributed by atoms with E-state index in [1.165, 1.54) is 89.9 Å². The molecule has 1 atom stereocenters. The Morgan fingerprint density at radius 3 is 1.38 bits per heavy atom. The van der Waals surface area contributed by atoms with Gasteiger partial charge >= 0.3 is 0 Å². The normalized spacial score (nSPS) is 12.7. The highest BCUT2D eigenvalue weighted by Crippen LogP contribution is 2.13. The Balaban J connectivity index is 3.02. The van der Waals surface area contributed by atoms with Crippen molar-refractivity contribution in [3.05, 3.63) is 0 Å². The molecule has 21 heavy (non-hydrogen) atoms. The lowest BCUT2D eigenvalue weighted by molar-refractivity contribution is 0.496. The van der Waals surface area contributed by atoms with Crippen LogP contribution in [-0.4, -0.2) is 12.6 Å². The summed E-state index contributed by atoms with van der Waals surface area (Å²) in [6, 6.07) is 0.390. The first-order valence-electron chi connectivity index (χ1n) is 9.77. The third-order valence-corrected chi connectivity index (χ3v) is 4.46. The molecular weight excluding hydrogens is 256 g/mol. The minimum atomic E-state index is 0.390. The quantitative estimate of drug-likeness (QED) is 0.347. The number of nitrogens with two attached hydrogens (primary N) is 2. The molecule has 1 unspecified atom stereocenters. The van der Waals surface area contributed by atoms with Crippen LogP contribution in [0.3, 0.4) is 0 Å². The number of rotatable bonds is 17. The minimum absolute atomic E-state index is 0.390. The van der Waals surface area contributed by atoms with Crippen LogP contribution >= 0.6 is 0 Å². The van der Waals surface area contributed by atoms with Crippen molar-refractivity contribution < 1.29 is 0 Å². The van der Waals surface area contributed by atoms with Gasteiger partial charge in [0.15, 0.2) is 0 Å². The van der Waals surface area contributed by atoms with E-state index in [-0.39, 0.29) is 0 Å². The first kappa shape index (κ1) is 20.9. The lowest BCUT2D eigenvalue weighted by Gasteiger charge is -2.10. The van der Waals surface area contributed by atoms with Gasteiger partial charge in [-0.15, -0.1) is 0 Å². The third-order valence-electron chi connectivity index (χ3n) is 4.46. The smallest absolute Gasteiger partial charge is 0.00392 e. The Hall–Kier alpha value is -0.0800. The van der Waals surface area contributed by atoms with Crippen molar-refractivity contribution in [3.63, 3.8) is 0 Å².